The van der Waals surface area contributed by atoms with E-state index in [9.17, 15) is 0 Å². The second-order valence-corrected chi connectivity index (χ2v) is 17.3. The van der Waals surface area contributed by atoms with Crippen molar-refractivity contribution in [1.82, 2.24) is 9.13 Å². The third-order valence-electron chi connectivity index (χ3n) is 13.5. The third kappa shape index (κ3) is 6.59. The van der Waals surface area contributed by atoms with Gasteiger partial charge in [-0.2, -0.15) is 0 Å². The van der Waals surface area contributed by atoms with Crippen LogP contribution in [-0.2, 0) is 0 Å². The van der Waals surface area contributed by atoms with Crippen LogP contribution in [0.5, 0.6) is 0 Å². The zero-order chi connectivity index (χ0) is 44.3. The third-order valence-corrected chi connectivity index (χ3v) is 13.5. The van der Waals surface area contributed by atoms with Gasteiger partial charge in [0.1, 0.15) is 0 Å². The lowest BCUT2D eigenvalue weighted by Gasteiger charge is -2.27. The van der Waals surface area contributed by atoms with E-state index in [-0.39, 0.29) is 0 Å². The summed E-state index contributed by atoms with van der Waals surface area (Å²) in [4.78, 5) is 2.38. The van der Waals surface area contributed by atoms with Gasteiger partial charge in [-0.05, 0) is 118 Å². The highest BCUT2D eigenvalue weighted by Gasteiger charge is 2.18. The number of anilines is 3. The summed E-state index contributed by atoms with van der Waals surface area (Å²) in [6.45, 7) is 0. The number of aromatic nitrogens is 2. The van der Waals surface area contributed by atoms with Crippen molar-refractivity contribution in [3.8, 4) is 44.8 Å². The van der Waals surface area contributed by atoms with Crippen LogP contribution in [0.25, 0.3) is 99.1 Å². The molecule has 0 bridgehead atoms. The summed E-state index contributed by atoms with van der Waals surface area (Å²) in [5, 5.41) is 7.48. The second kappa shape index (κ2) is 16.0. The molecule has 0 atom stereocenters. The van der Waals surface area contributed by atoms with Crippen LogP contribution in [0.2, 0.25) is 0 Å². The first-order valence-electron chi connectivity index (χ1n) is 23.0. The first kappa shape index (κ1) is 38.5. The van der Waals surface area contributed by atoms with Crippen molar-refractivity contribution in [2.24, 2.45) is 0 Å². The smallest absolute Gasteiger partial charge is 0.0547 e. The van der Waals surface area contributed by atoms with Crippen molar-refractivity contribution in [3.05, 3.63) is 261 Å². The van der Waals surface area contributed by atoms with Crippen LogP contribution >= 0.6 is 0 Å². The molecule has 0 fully saturated rings. The molecule has 0 spiro atoms. The number of hydrogen-bond donors (Lipinski definition) is 0. The van der Waals surface area contributed by atoms with Crippen LogP contribution in [0.1, 0.15) is 0 Å². The normalized spacial score (nSPS) is 11.6. The molecule has 0 aliphatic rings. The molecule has 13 aromatic rings. The number of fused-ring (bicyclic) bond motifs is 7. The van der Waals surface area contributed by atoms with Crippen LogP contribution in [0.3, 0.4) is 0 Å². The van der Waals surface area contributed by atoms with Gasteiger partial charge in [0.15, 0.2) is 0 Å². The number of hydrogen-bond acceptors (Lipinski definition) is 1. The molecule has 0 aliphatic carbocycles. The monoisotopic (exact) mass is 853 g/mol. The molecular formula is C64H43N3. The lowest BCUT2D eigenvalue weighted by atomic mass is 9.99. The van der Waals surface area contributed by atoms with Gasteiger partial charge in [0.2, 0.25) is 0 Å². The molecule has 314 valence electrons. The quantitative estimate of drug-likeness (QED) is 0.148. The molecule has 2 aromatic heterocycles. The SMILES string of the molecule is c1ccc(-n2c3ccccc3c3ccc(-c4ccc(-c5ccc(N(c6ccc(-c7ccc(-n8c9ccccc9c9ccccc98)cc7)cc6)c6cccc7ccccc67)cc5)cc4)cc32)cc1. The molecule has 0 radical (unpaired) electrons. The van der Waals surface area contributed by atoms with Crippen LogP contribution < -0.4 is 4.90 Å². The van der Waals surface area contributed by atoms with E-state index in [1.807, 2.05) is 0 Å². The molecule has 0 N–H and O–H groups in total. The van der Waals surface area contributed by atoms with E-state index in [4.69, 9.17) is 0 Å². The lowest BCUT2D eigenvalue weighted by Crippen LogP contribution is -2.10. The molecule has 0 amide bonds. The van der Waals surface area contributed by atoms with Gasteiger partial charge in [-0.15, -0.1) is 0 Å². The van der Waals surface area contributed by atoms with Gasteiger partial charge in [0.05, 0.1) is 27.8 Å². The Morgan fingerprint density at radius 3 is 1.16 bits per heavy atom. The van der Waals surface area contributed by atoms with Crippen molar-refractivity contribution in [2.75, 3.05) is 4.90 Å². The molecular weight excluding hydrogens is 811 g/mol. The highest BCUT2D eigenvalue weighted by molar-refractivity contribution is 6.11. The van der Waals surface area contributed by atoms with Gasteiger partial charge >= 0.3 is 0 Å². The van der Waals surface area contributed by atoms with Gasteiger partial charge in [-0.25, -0.2) is 0 Å². The van der Waals surface area contributed by atoms with E-state index in [1.165, 1.54) is 93.5 Å². The Hall–Kier alpha value is -8.92. The number of nitrogens with zero attached hydrogens (tertiary/aromatic N) is 3. The predicted octanol–water partition coefficient (Wildman–Crippen LogP) is 17.5. The Morgan fingerprint density at radius 2 is 0.612 bits per heavy atom. The molecule has 11 aromatic carbocycles. The Labute approximate surface area is 389 Å². The second-order valence-electron chi connectivity index (χ2n) is 17.3. The minimum absolute atomic E-state index is 1.10. The van der Waals surface area contributed by atoms with Crippen LogP contribution in [0.4, 0.5) is 17.1 Å². The first-order chi connectivity index (χ1) is 33.2. The van der Waals surface area contributed by atoms with E-state index in [1.54, 1.807) is 0 Å². The summed E-state index contributed by atoms with van der Waals surface area (Å²) in [5.41, 5.74) is 17.6. The lowest BCUT2D eigenvalue weighted by molar-refractivity contribution is 1.18. The largest absolute Gasteiger partial charge is 0.310 e. The fraction of sp³-hybridized carbons (Fsp3) is 0. The van der Waals surface area contributed by atoms with Crippen LogP contribution in [0.15, 0.2) is 261 Å². The Bertz CT molecular complexity index is 3880. The summed E-state index contributed by atoms with van der Waals surface area (Å²) < 4.78 is 4.75. The maximum Gasteiger partial charge on any atom is 0.0547 e. The fourth-order valence-electron chi connectivity index (χ4n) is 10.3. The van der Waals surface area contributed by atoms with Crippen molar-refractivity contribution in [3.63, 3.8) is 0 Å². The Kier molecular flexibility index (Phi) is 9.17. The highest BCUT2D eigenvalue weighted by Crippen LogP contribution is 2.41. The molecule has 0 saturated heterocycles. The average Bonchev–Trinajstić information content (AvgIpc) is 3.92. The molecule has 3 nitrogen and oxygen atoms in total. The predicted molar refractivity (Wildman–Crippen MR) is 284 cm³/mol. The summed E-state index contributed by atoms with van der Waals surface area (Å²) in [5.74, 6) is 0. The molecule has 3 heteroatoms. The molecule has 0 saturated carbocycles. The molecule has 0 aliphatic heterocycles. The average molecular weight is 854 g/mol. The number of para-hydroxylation sites is 4. The first-order valence-corrected chi connectivity index (χ1v) is 23.0. The maximum atomic E-state index is 2.38. The van der Waals surface area contributed by atoms with Crippen LogP contribution in [0, 0.1) is 0 Å². The van der Waals surface area contributed by atoms with Gasteiger partial charge in [-0.3, -0.25) is 0 Å². The number of benzene rings is 11. The van der Waals surface area contributed by atoms with E-state index >= 15 is 0 Å². The van der Waals surface area contributed by atoms with E-state index < -0.39 is 0 Å². The van der Waals surface area contributed by atoms with Crippen LogP contribution in [-0.4, -0.2) is 9.13 Å². The Balaban J connectivity index is 0.815. The standard InChI is InChI=1S/C64H43N3/c1-2-15-51(16-3-1)67-63-23-11-8-20-58(63)59-42-35-50(43-64(59)67)48-27-25-44(26-28-48)45-29-36-52(37-30-45)65(60-24-12-14-49-13-4-5-17-55(49)60)53-38-31-46(32-39-53)47-33-40-54(41-34-47)66-61-21-9-6-18-56(61)57-19-7-10-22-62(57)66/h1-43H. The minimum Gasteiger partial charge on any atom is -0.310 e. The molecule has 67 heavy (non-hydrogen) atoms. The Morgan fingerprint density at radius 1 is 0.239 bits per heavy atom. The summed E-state index contributed by atoms with van der Waals surface area (Å²) in [6.07, 6.45) is 0. The van der Waals surface area contributed by atoms with Gasteiger partial charge < -0.3 is 14.0 Å². The minimum atomic E-state index is 1.10. The van der Waals surface area contributed by atoms with Crippen molar-refractivity contribution >= 4 is 71.4 Å². The zero-order valence-electron chi connectivity index (χ0n) is 36.7. The summed E-state index contributed by atoms with van der Waals surface area (Å²) in [7, 11) is 0. The van der Waals surface area contributed by atoms with Crippen molar-refractivity contribution < 1.29 is 0 Å². The number of rotatable bonds is 8. The van der Waals surface area contributed by atoms with Gasteiger partial charge in [0, 0.05) is 49.7 Å². The van der Waals surface area contributed by atoms with Gasteiger partial charge in [-0.1, -0.05) is 182 Å². The molecule has 2 heterocycles. The molecule has 13 rings (SSSR count). The van der Waals surface area contributed by atoms with E-state index in [2.05, 4.69) is 275 Å². The topological polar surface area (TPSA) is 13.1 Å². The van der Waals surface area contributed by atoms with E-state index in [0.717, 1.165) is 22.7 Å². The van der Waals surface area contributed by atoms with E-state index in [0.29, 0.717) is 0 Å². The zero-order valence-corrected chi connectivity index (χ0v) is 36.7. The maximum absolute atomic E-state index is 2.38. The fourth-order valence-corrected chi connectivity index (χ4v) is 10.3. The highest BCUT2D eigenvalue weighted by atomic mass is 15.1. The summed E-state index contributed by atoms with van der Waals surface area (Å²) in [6, 6.07) is 94.8. The van der Waals surface area contributed by atoms with Gasteiger partial charge in [0.25, 0.3) is 0 Å². The summed E-state index contributed by atoms with van der Waals surface area (Å²) >= 11 is 0. The molecule has 0 unspecified atom stereocenters. The van der Waals surface area contributed by atoms with Crippen molar-refractivity contribution in [2.45, 2.75) is 0 Å². The van der Waals surface area contributed by atoms with Crippen molar-refractivity contribution in [1.29, 1.82) is 0 Å².